The first-order chi connectivity index (χ1) is 10.3. The van der Waals surface area contributed by atoms with Crippen molar-refractivity contribution in [2.75, 3.05) is 0 Å². The Balaban J connectivity index is 2.09. The van der Waals surface area contributed by atoms with E-state index in [0.29, 0.717) is 6.07 Å². The van der Waals surface area contributed by atoms with Gasteiger partial charge in [0.2, 0.25) is 0 Å². The van der Waals surface area contributed by atoms with E-state index >= 15 is 0 Å². The van der Waals surface area contributed by atoms with Gasteiger partial charge >= 0.3 is 0 Å². The molecule has 2 aromatic rings. The maximum Gasteiger partial charge on any atom is 0.187 e. The predicted molar refractivity (Wildman–Crippen MR) is 73.7 cm³/mol. The number of aliphatic hydroxyl groups is 2. The van der Waals surface area contributed by atoms with E-state index < -0.39 is 38.9 Å². The molecule has 0 saturated carbocycles. The molecule has 4 nitrogen and oxygen atoms in total. The van der Waals surface area contributed by atoms with Gasteiger partial charge in [-0.15, -0.1) is 0 Å². The molecular weight excluding hydrogens is 314 g/mol. The third kappa shape index (κ3) is 2.22. The lowest BCUT2D eigenvalue weighted by Gasteiger charge is -2.21. The van der Waals surface area contributed by atoms with E-state index in [4.69, 9.17) is 0 Å². The van der Waals surface area contributed by atoms with Crippen molar-refractivity contribution in [3.8, 4) is 0 Å². The Morgan fingerprint density at radius 3 is 2.23 bits per heavy atom. The second-order valence-electron chi connectivity index (χ2n) is 5.14. The number of halogens is 2. The fourth-order valence-electron chi connectivity index (χ4n) is 2.76. The van der Waals surface area contributed by atoms with Crippen molar-refractivity contribution >= 4 is 9.84 Å². The molecule has 0 spiro atoms. The standard InChI is InChI=1S/C15H12F2O4S/c16-9-5-8(6-10(17)7-9)13(18)15-14(19)11-3-1-2-4-12(11)22(15,20)21/h1-7,13-15,18-19H. The van der Waals surface area contributed by atoms with E-state index in [-0.39, 0.29) is 16.0 Å². The molecule has 22 heavy (non-hydrogen) atoms. The highest BCUT2D eigenvalue weighted by Gasteiger charge is 2.48. The maximum atomic E-state index is 13.3. The van der Waals surface area contributed by atoms with Crippen molar-refractivity contribution in [2.45, 2.75) is 22.4 Å². The second kappa shape index (κ2) is 5.12. The molecule has 3 unspecified atom stereocenters. The summed E-state index contributed by atoms with van der Waals surface area (Å²) in [6.07, 6.45) is -3.22. The molecule has 0 aliphatic carbocycles. The van der Waals surface area contributed by atoms with Crippen molar-refractivity contribution in [1.82, 2.24) is 0 Å². The van der Waals surface area contributed by atoms with E-state index in [1.54, 1.807) is 6.07 Å². The molecule has 7 heteroatoms. The number of fused-ring (bicyclic) bond motifs is 1. The van der Waals surface area contributed by atoms with Gasteiger partial charge in [0, 0.05) is 11.6 Å². The molecular formula is C15H12F2O4S. The van der Waals surface area contributed by atoms with Gasteiger partial charge in [-0.2, -0.15) is 0 Å². The van der Waals surface area contributed by atoms with Crippen molar-refractivity contribution in [1.29, 1.82) is 0 Å². The zero-order chi connectivity index (χ0) is 16.1. The first kappa shape index (κ1) is 15.1. The molecule has 1 heterocycles. The van der Waals surface area contributed by atoms with Crippen LogP contribution in [0.5, 0.6) is 0 Å². The zero-order valence-corrected chi connectivity index (χ0v) is 12.0. The molecule has 0 saturated heterocycles. The van der Waals surface area contributed by atoms with Crippen LogP contribution in [-0.2, 0) is 9.84 Å². The molecule has 2 aromatic carbocycles. The van der Waals surface area contributed by atoms with Crippen LogP contribution in [0, 0.1) is 11.6 Å². The van der Waals surface area contributed by atoms with Crippen LogP contribution >= 0.6 is 0 Å². The third-order valence-electron chi connectivity index (χ3n) is 3.75. The Morgan fingerprint density at radius 1 is 1.05 bits per heavy atom. The Hall–Kier alpha value is -1.83. The Labute approximate surface area is 125 Å². The van der Waals surface area contributed by atoms with E-state index in [1.165, 1.54) is 18.2 Å². The van der Waals surface area contributed by atoms with Crippen LogP contribution in [0.3, 0.4) is 0 Å². The van der Waals surface area contributed by atoms with Gasteiger partial charge in [-0.05, 0) is 23.8 Å². The Bertz CT molecular complexity index is 815. The minimum atomic E-state index is -4.01. The summed E-state index contributed by atoms with van der Waals surface area (Å²) in [5.74, 6) is -1.87. The summed E-state index contributed by atoms with van der Waals surface area (Å²) in [7, 11) is -4.01. The maximum absolute atomic E-state index is 13.3. The molecule has 0 radical (unpaired) electrons. The SMILES string of the molecule is O=S1(=O)c2ccccc2C(O)C1C(O)c1cc(F)cc(F)c1. The lowest BCUT2D eigenvalue weighted by atomic mass is 9.98. The molecule has 2 N–H and O–H groups in total. The van der Waals surface area contributed by atoms with Crippen molar-refractivity contribution < 1.29 is 27.4 Å². The quantitative estimate of drug-likeness (QED) is 0.884. The zero-order valence-electron chi connectivity index (χ0n) is 11.1. The largest absolute Gasteiger partial charge is 0.387 e. The fraction of sp³-hybridized carbons (Fsp3) is 0.200. The average Bonchev–Trinajstić information content (AvgIpc) is 2.65. The van der Waals surface area contributed by atoms with Gasteiger partial charge in [-0.25, -0.2) is 17.2 Å². The minimum Gasteiger partial charge on any atom is -0.387 e. The van der Waals surface area contributed by atoms with Crippen LogP contribution in [0.15, 0.2) is 47.4 Å². The predicted octanol–water partition coefficient (Wildman–Crippen LogP) is 1.89. The Kier molecular flexibility index (Phi) is 3.51. The minimum absolute atomic E-state index is 0.0802. The topological polar surface area (TPSA) is 74.6 Å². The monoisotopic (exact) mass is 326 g/mol. The van der Waals surface area contributed by atoms with Crippen molar-refractivity contribution in [2.24, 2.45) is 0 Å². The van der Waals surface area contributed by atoms with E-state index in [9.17, 15) is 27.4 Å². The molecule has 116 valence electrons. The molecule has 3 rings (SSSR count). The van der Waals surface area contributed by atoms with Crippen LogP contribution in [0.4, 0.5) is 8.78 Å². The van der Waals surface area contributed by atoms with E-state index in [0.717, 1.165) is 12.1 Å². The van der Waals surface area contributed by atoms with Crippen molar-refractivity contribution in [3.05, 3.63) is 65.2 Å². The highest BCUT2D eigenvalue weighted by Crippen LogP contribution is 2.44. The molecule has 1 aliphatic heterocycles. The van der Waals surface area contributed by atoms with Crippen LogP contribution in [-0.4, -0.2) is 23.9 Å². The Morgan fingerprint density at radius 2 is 1.64 bits per heavy atom. The highest BCUT2D eigenvalue weighted by molar-refractivity contribution is 7.92. The summed E-state index contributed by atoms with van der Waals surface area (Å²) in [6, 6.07) is 8.14. The van der Waals surface area contributed by atoms with Gasteiger partial charge in [-0.3, -0.25) is 0 Å². The van der Waals surface area contributed by atoms with E-state index in [1.807, 2.05) is 0 Å². The summed E-state index contributed by atoms with van der Waals surface area (Å²) < 4.78 is 51.5. The fourth-order valence-corrected chi connectivity index (χ4v) is 4.82. The van der Waals surface area contributed by atoms with Gasteiger partial charge < -0.3 is 10.2 Å². The third-order valence-corrected chi connectivity index (χ3v) is 5.97. The number of sulfone groups is 1. The number of hydrogen-bond donors (Lipinski definition) is 2. The second-order valence-corrected chi connectivity index (χ2v) is 7.21. The molecule has 1 aliphatic rings. The molecule has 0 amide bonds. The molecule has 3 atom stereocenters. The van der Waals surface area contributed by atoms with Crippen LogP contribution < -0.4 is 0 Å². The lowest BCUT2D eigenvalue weighted by molar-refractivity contribution is 0.0883. The van der Waals surface area contributed by atoms with Gasteiger partial charge in [0.15, 0.2) is 9.84 Å². The number of benzene rings is 2. The molecule has 0 aromatic heterocycles. The van der Waals surface area contributed by atoms with Gasteiger partial charge in [0.1, 0.15) is 23.0 Å². The van der Waals surface area contributed by atoms with E-state index in [2.05, 4.69) is 0 Å². The molecule has 0 fully saturated rings. The molecule has 0 bridgehead atoms. The smallest absolute Gasteiger partial charge is 0.187 e. The van der Waals surface area contributed by atoms with Crippen molar-refractivity contribution in [3.63, 3.8) is 0 Å². The van der Waals surface area contributed by atoms with Crippen LogP contribution in [0.25, 0.3) is 0 Å². The van der Waals surface area contributed by atoms with Gasteiger partial charge in [-0.1, -0.05) is 18.2 Å². The highest BCUT2D eigenvalue weighted by atomic mass is 32.2. The first-order valence-electron chi connectivity index (χ1n) is 6.47. The van der Waals surface area contributed by atoms with Gasteiger partial charge in [0.05, 0.1) is 11.0 Å². The normalized spacial score (nSPS) is 24.0. The average molecular weight is 326 g/mol. The summed E-state index contributed by atoms with van der Waals surface area (Å²) in [4.78, 5) is -0.0802. The summed E-state index contributed by atoms with van der Waals surface area (Å²) in [6.45, 7) is 0. The lowest BCUT2D eigenvalue weighted by Crippen LogP contribution is -2.29. The number of hydrogen-bond acceptors (Lipinski definition) is 4. The summed E-state index contributed by atoms with van der Waals surface area (Å²) in [5, 5.41) is 18.9. The first-order valence-corrected chi connectivity index (χ1v) is 8.02. The van der Waals surface area contributed by atoms with Crippen LogP contribution in [0.1, 0.15) is 23.3 Å². The van der Waals surface area contributed by atoms with Crippen LogP contribution in [0.2, 0.25) is 0 Å². The summed E-state index contributed by atoms with van der Waals surface area (Å²) >= 11 is 0. The van der Waals surface area contributed by atoms with Gasteiger partial charge in [0.25, 0.3) is 0 Å². The number of rotatable bonds is 2. The summed E-state index contributed by atoms with van der Waals surface area (Å²) in [5.41, 5.74) is -0.0682. The number of aliphatic hydroxyl groups excluding tert-OH is 2.